The molecule has 3 N–H and O–H groups in total. The van der Waals surface area contributed by atoms with E-state index in [2.05, 4.69) is 20.5 Å². The summed E-state index contributed by atoms with van der Waals surface area (Å²) in [5.74, 6) is 1.44. The van der Waals surface area contributed by atoms with Crippen molar-refractivity contribution in [2.45, 2.75) is 59.9 Å². The summed E-state index contributed by atoms with van der Waals surface area (Å²) in [5, 5.41) is 11.4. The van der Waals surface area contributed by atoms with Gasteiger partial charge in [0.25, 0.3) is 5.78 Å². The van der Waals surface area contributed by atoms with Gasteiger partial charge in [-0.15, -0.1) is 10.2 Å². The fourth-order valence-electron chi connectivity index (χ4n) is 4.05. The molecular formula is C22H26F3N7O. The zero-order valence-corrected chi connectivity index (χ0v) is 19.1. The van der Waals surface area contributed by atoms with Gasteiger partial charge in [0, 0.05) is 16.7 Å². The highest BCUT2D eigenvalue weighted by atomic mass is 19.4. The standard InChI is InChI=1S/C22H26F3N7O/c1-11(13-6-14(22(23,24)25)8-15(26)7-13)27-18-16-9-31(19(33)21(3,4)5)10-17(16)32-12(2)29-30-20(32)28-18/h6-8,11H,9-10,26H2,1-5H3,(H,27,28,30). The zero-order valence-electron chi connectivity index (χ0n) is 19.1. The van der Waals surface area contributed by atoms with Gasteiger partial charge in [-0.25, -0.2) is 0 Å². The summed E-state index contributed by atoms with van der Waals surface area (Å²) in [6.07, 6.45) is -4.50. The second-order valence-corrected chi connectivity index (χ2v) is 9.43. The lowest BCUT2D eigenvalue weighted by Crippen LogP contribution is -2.35. The van der Waals surface area contributed by atoms with E-state index in [1.165, 1.54) is 6.07 Å². The van der Waals surface area contributed by atoms with Crippen LogP contribution < -0.4 is 11.1 Å². The number of nitrogen functional groups attached to an aromatic ring is 1. The molecule has 1 aliphatic heterocycles. The fourth-order valence-corrected chi connectivity index (χ4v) is 4.05. The molecule has 0 aliphatic carbocycles. The van der Waals surface area contributed by atoms with E-state index in [-0.39, 0.29) is 11.6 Å². The van der Waals surface area contributed by atoms with Gasteiger partial charge in [-0.3, -0.25) is 9.20 Å². The predicted molar refractivity (Wildman–Crippen MR) is 117 cm³/mol. The van der Waals surface area contributed by atoms with E-state index in [1.807, 2.05) is 25.2 Å². The van der Waals surface area contributed by atoms with Crippen molar-refractivity contribution in [1.29, 1.82) is 0 Å². The van der Waals surface area contributed by atoms with Gasteiger partial charge in [0.15, 0.2) is 0 Å². The molecule has 8 nitrogen and oxygen atoms in total. The van der Waals surface area contributed by atoms with Crippen LogP contribution in [-0.2, 0) is 24.1 Å². The maximum absolute atomic E-state index is 13.3. The molecule has 0 spiro atoms. The molecule has 33 heavy (non-hydrogen) atoms. The minimum atomic E-state index is -4.50. The maximum atomic E-state index is 13.3. The average molecular weight is 461 g/mol. The lowest BCUT2D eigenvalue weighted by molar-refractivity contribution is -0.140. The smallest absolute Gasteiger partial charge is 0.399 e. The number of halogens is 3. The van der Waals surface area contributed by atoms with Gasteiger partial charge in [-0.05, 0) is 37.6 Å². The Morgan fingerprint density at radius 3 is 2.48 bits per heavy atom. The van der Waals surface area contributed by atoms with Crippen molar-refractivity contribution in [3.05, 3.63) is 46.4 Å². The Kier molecular flexibility index (Phi) is 5.25. The number of nitrogens with one attached hydrogen (secondary N) is 1. The first-order valence-corrected chi connectivity index (χ1v) is 10.5. The number of fused-ring (bicyclic) bond motifs is 3. The molecule has 0 radical (unpaired) electrons. The lowest BCUT2D eigenvalue weighted by atomic mass is 9.95. The van der Waals surface area contributed by atoms with Gasteiger partial charge in [0.2, 0.25) is 5.91 Å². The fraction of sp³-hybridized carbons (Fsp3) is 0.455. The number of rotatable bonds is 3. The number of nitrogens with two attached hydrogens (primary N) is 1. The van der Waals surface area contributed by atoms with Gasteiger partial charge in [0.05, 0.1) is 30.4 Å². The maximum Gasteiger partial charge on any atom is 0.416 e. The SMILES string of the molecule is Cc1nnc2nc(NC(C)c3cc(N)cc(C(F)(F)F)c3)c3c(n12)CN(C(=O)C(C)(C)C)C3. The molecule has 176 valence electrons. The molecule has 1 atom stereocenters. The monoisotopic (exact) mass is 461 g/mol. The molecule has 1 aromatic carbocycles. The van der Waals surface area contributed by atoms with Crippen LogP contribution in [0.3, 0.4) is 0 Å². The highest BCUT2D eigenvalue weighted by molar-refractivity contribution is 5.82. The summed E-state index contributed by atoms with van der Waals surface area (Å²) in [7, 11) is 0. The molecule has 11 heteroatoms. The third kappa shape index (κ3) is 4.19. The molecule has 0 fully saturated rings. The molecule has 2 aromatic heterocycles. The van der Waals surface area contributed by atoms with Crippen molar-refractivity contribution in [2.75, 3.05) is 11.1 Å². The van der Waals surface area contributed by atoms with Gasteiger partial charge in [0.1, 0.15) is 11.6 Å². The Morgan fingerprint density at radius 2 is 1.85 bits per heavy atom. The average Bonchev–Trinajstić information content (AvgIpc) is 3.29. The van der Waals surface area contributed by atoms with Crippen LogP contribution in [0.2, 0.25) is 0 Å². The Bertz CT molecular complexity index is 1240. The molecular weight excluding hydrogens is 435 g/mol. The third-order valence-electron chi connectivity index (χ3n) is 5.70. The zero-order chi connectivity index (χ0) is 24.3. The van der Waals surface area contributed by atoms with E-state index in [1.54, 1.807) is 18.7 Å². The Morgan fingerprint density at radius 1 is 1.15 bits per heavy atom. The predicted octanol–water partition coefficient (Wildman–Crippen LogP) is 4.10. The molecule has 0 saturated carbocycles. The first-order valence-electron chi connectivity index (χ1n) is 10.5. The number of alkyl halides is 3. The van der Waals surface area contributed by atoms with E-state index in [4.69, 9.17) is 5.73 Å². The quantitative estimate of drug-likeness (QED) is 0.570. The van der Waals surface area contributed by atoms with Crippen molar-refractivity contribution in [3.63, 3.8) is 0 Å². The molecule has 1 unspecified atom stereocenters. The van der Waals surface area contributed by atoms with Crippen LogP contribution in [0.1, 0.15) is 61.9 Å². The van der Waals surface area contributed by atoms with Gasteiger partial charge in [-0.1, -0.05) is 20.8 Å². The van der Waals surface area contributed by atoms with Gasteiger partial charge >= 0.3 is 6.18 Å². The Labute approximate surface area is 189 Å². The first kappa shape index (κ1) is 22.8. The number of aryl methyl sites for hydroxylation is 1. The van der Waals surface area contributed by atoms with Crippen LogP contribution in [0.4, 0.5) is 24.7 Å². The van der Waals surface area contributed by atoms with Crippen LogP contribution in [-0.4, -0.2) is 30.4 Å². The van der Waals surface area contributed by atoms with Crippen molar-refractivity contribution < 1.29 is 18.0 Å². The molecule has 0 bridgehead atoms. The number of hydrogen-bond acceptors (Lipinski definition) is 6. The minimum absolute atomic E-state index is 0.0118. The Hall–Kier alpha value is -3.37. The van der Waals surface area contributed by atoms with Crippen LogP contribution >= 0.6 is 0 Å². The number of nitrogens with zero attached hydrogens (tertiary/aromatic N) is 5. The molecule has 1 aliphatic rings. The Balaban J connectivity index is 1.74. The van der Waals surface area contributed by atoms with Crippen LogP contribution in [0.5, 0.6) is 0 Å². The van der Waals surface area contributed by atoms with Gasteiger partial charge in [-0.2, -0.15) is 18.2 Å². The van der Waals surface area contributed by atoms with Crippen molar-refractivity contribution in [3.8, 4) is 0 Å². The van der Waals surface area contributed by atoms with Crippen LogP contribution in [0.25, 0.3) is 5.78 Å². The summed E-state index contributed by atoms with van der Waals surface area (Å²) in [5.41, 5.74) is 6.38. The number of carbonyl (C=O) groups is 1. The van der Waals surface area contributed by atoms with E-state index in [0.717, 1.165) is 23.4 Å². The van der Waals surface area contributed by atoms with Crippen LogP contribution in [0.15, 0.2) is 18.2 Å². The topological polar surface area (TPSA) is 101 Å². The van der Waals surface area contributed by atoms with Crippen molar-refractivity contribution in [1.82, 2.24) is 24.5 Å². The first-order chi connectivity index (χ1) is 15.3. The van der Waals surface area contributed by atoms with E-state index < -0.39 is 23.2 Å². The highest BCUT2D eigenvalue weighted by Crippen LogP contribution is 2.36. The normalized spacial score (nSPS) is 15.1. The number of carbonyl (C=O) groups excluding carboxylic acids is 1. The van der Waals surface area contributed by atoms with E-state index in [9.17, 15) is 18.0 Å². The molecule has 1 amide bonds. The lowest BCUT2D eigenvalue weighted by Gasteiger charge is -2.25. The molecule has 0 saturated heterocycles. The molecule has 4 rings (SSSR count). The summed E-state index contributed by atoms with van der Waals surface area (Å²) in [4.78, 5) is 19.3. The summed E-state index contributed by atoms with van der Waals surface area (Å²) in [6.45, 7) is 9.79. The summed E-state index contributed by atoms with van der Waals surface area (Å²) < 4.78 is 41.6. The number of hydrogen-bond donors (Lipinski definition) is 2. The number of aromatic nitrogens is 4. The summed E-state index contributed by atoms with van der Waals surface area (Å²) >= 11 is 0. The van der Waals surface area contributed by atoms with E-state index in [0.29, 0.717) is 36.1 Å². The molecule has 3 aromatic rings. The van der Waals surface area contributed by atoms with Crippen molar-refractivity contribution >= 4 is 23.2 Å². The van der Waals surface area contributed by atoms with Gasteiger partial charge < -0.3 is 16.0 Å². The van der Waals surface area contributed by atoms with Crippen LogP contribution in [0, 0.1) is 12.3 Å². The van der Waals surface area contributed by atoms with Crippen molar-refractivity contribution in [2.24, 2.45) is 5.41 Å². The largest absolute Gasteiger partial charge is 0.416 e. The number of benzene rings is 1. The second kappa shape index (κ2) is 7.60. The number of anilines is 2. The number of amides is 1. The highest BCUT2D eigenvalue weighted by Gasteiger charge is 2.35. The third-order valence-corrected chi connectivity index (χ3v) is 5.70. The minimum Gasteiger partial charge on any atom is -0.399 e. The second-order valence-electron chi connectivity index (χ2n) is 9.43. The van der Waals surface area contributed by atoms with E-state index >= 15 is 0 Å². The summed E-state index contributed by atoms with van der Waals surface area (Å²) in [6, 6.07) is 2.95. The molecule has 3 heterocycles.